The zero-order chi connectivity index (χ0) is 15.6. The highest BCUT2D eigenvalue weighted by Gasteiger charge is 2.13. The lowest BCUT2D eigenvalue weighted by molar-refractivity contribution is 0.315. The van der Waals surface area contributed by atoms with E-state index >= 15 is 0 Å². The first-order valence-corrected chi connectivity index (χ1v) is 7.53. The molecule has 0 aliphatic rings. The number of hydrogen-bond acceptors (Lipinski definition) is 5. The minimum Gasteiger partial charge on any atom is -0.331 e. The quantitative estimate of drug-likeness (QED) is 0.566. The molecule has 0 saturated heterocycles. The van der Waals surface area contributed by atoms with Gasteiger partial charge in [-0.15, -0.1) is 0 Å². The monoisotopic (exact) mass is 308 g/mol. The van der Waals surface area contributed by atoms with Gasteiger partial charge in [0.05, 0.1) is 6.20 Å². The maximum atomic E-state index is 4.84. The van der Waals surface area contributed by atoms with Crippen LogP contribution in [0.1, 0.15) is 12.0 Å². The van der Waals surface area contributed by atoms with Crippen LogP contribution in [0.2, 0.25) is 0 Å². The zero-order valence-electron chi connectivity index (χ0n) is 12.8. The first-order chi connectivity index (χ1) is 11.3. The first kappa shape index (κ1) is 13.7. The molecule has 116 valence electrons. The van der Waals surface area contributed by atoms with E-state index in [-0.39, 0.29) is 0 Å². The van der Waals surface area contributed by atoms with Gasteiger partial charge in [-0.3, -0.25) is 4.68 Å². The number of imidazole rings is 1. The summed E-state index contributed by atoms with van der Waals surface area (Å²) in [6.07, 6.45) is 8.69. The van der Waals surface area contributed by atoms with E-state index in [4.69, 9.17) is 4.63 Å². The van der Waals surface area contributed by atoms with Crippen LogP contribution in [0.25, 0.3) is 22.4 Å². The predicted molar refractivity (Wildman–Crippen MR) is 84.6 cm³/mol. The van der Waals surface area contributed by atoms with Gasteiger partial charge >= 0.3 is 0 Å². The minimum absolute atomic E-state index is 0.739. The van der Waals surface area contributed by atoms with Crippen LogP contribution in [0.15, 0.2) is 47.6 Å². The van der Waals surface area contributed by atoms with E-state index in [1.165, 1.54) is 5.56 Å². The van der Waals surface area contributed by atoms with E-state index in [0.717, 1.165) is 41.9 Å². The van der Waals surface area contributed by atoms with Gasteiger partial charge in [0.15, 0.2) is 0 Å². The molecule has 1 aromatic carbocycles. The maximum Gasteiger partial charge on any atom is 0.146 e. The van der Waals surface area contributed by atoms with E-state index in [1.807, 2.05) is 42.2 Å². The fourth-order valence-electron chi connectivity index (χ4n) is 2.71. The van der Waals surface area contributed by atoms with Gasteiger partial charge in [-0.05, 0) is 41.4 Å². The predicted octanol–water partition coefficient (Wildman–Crippen LogP) is 2.68. The third-order valence-electron chi connectivity index (χ3n) is 3.79. The number of benzene rings is 1. The van der Waals surface area contributed by atoms with Crippen LogP contribution in [0.5, 0.6) is 0 Å². The fourth-order valence-corrected chi connectivity index (χ4v) is 2.71. The molecule has 0 aliphatic carbocycles. The third kappa shape index (κ3) is 2.61. The average Bonchev–Trinajstić information content (AvgIpc) is 3.27. The van der Waals surface area contributed by atoms with Gasteiger partial charge in [-0.2, -0.15) is 5.10 Å². The Hall–Kier alpha value is -2.96. The summed E-state index contributed by atoms with van der Waals surface area (Å²) in [5, 5.41) is 12.2. The van der Waals surface area contributed by atoms with Crippen molar-refractivity contribution in [2.75, 3.05) is 0 Å². The molecule has 7 nitrogen and oxygen atoms in total. The van der Waals surface area contributed by atoms with Crippen LogP contribution in [-0.4, -0.2) is 29.6 Å². The largest absolute Gasteiger partial charge is 0.331 e. The topological polar surface area (TPSA) is 74.6 Å². The summed E-state index contributed by atoms with van der Waals surface area (Å²) in [7, 11) is 0. The van der Waals surface area contributed by atoms with Crippen molar-refractivity contribution >= 4 is 11.0 Å². The smallest absolute Gasteiger partial charge is 0.146 e. The van der Waals surface area contributed by atoms with Crippen molar-refractivity contribution in [2.45, 2.75) is 26.4 Å². The average molecular weight is 308 g/mol. The van der Waals surface area contributed by atoms with E-state index in [0.29, 0.717) is 0 Å². The number of rotatable bonds is 5. The number of fused-ring (bicyclic) bond motifs is 1. The van der Waals surface area contributed by atoms with Crippen LogP contribution in [-0.2, 0) is 13.1 Å². The first-order valence-electron chi connectivity index (χ1n) is 7.53. The number of hydrogen-bond donors (Lipinski definition) is 0. The van der Waals surface area contributed by atoms with E-state index < -0.39 is 0 Å². The Morgan fingerprint density at radius 1 is 1.17 bits per heavy atom. The van der Waals surface area contributed by atoms with Gasteiger partial charge in [0.1, 0.15) is 16.9 Å². The molecular formula is C16H16N6O. The molecule has 0 fully saturated rings. The van der Waals surface area contributed by atoms with Gasteiger partial charge in [0, 0.05) is 37.2 Å². The molecule has 0 saturated carbocycles. The highest BCUT2D eigenvalue weighted by atomic mass is 16.6. The highest BCUT2D eigenvalue weighted by molar-refractivity contribution is 5.88. The Morgan fingerprint density at radius 3 is 3.00 bits per heavy atom. The maximum absolute atomic E-state index is 4.84. The summed E-state index contributed by atoms with van der Waals surface area (Å²) in [5.41, 5.74) is 3.59. The van der Waals surface area contributed by atoms with Crippen LogP contribution >= 0.6 is 0 Å². The second kappa shape index (κ2) is 5.68. The van der Waals surface area contributed by atoms with Gasteiger partial charge < -0.3 is 4.57 Å². The molecular weight excluding hydrogens is 292 g/mol. The van der Waals surface area contributed by atoms with Crippen LogP contribution < -0.4 is 0 Å². The molecule has 0 atom stereocenters. The Labute approximate surface area is 132 Å². The lowest BCUT2D eigenvalue weighted by Crippen LogP contribution is -2.05. The van der Waals surface area contributed by atoms with Crippen LogP contribution in [0, 0.1) is 6.92 Å². The molecule has 3 heterocycles. The molecule has 4 aromatic rings. The summed E-state index contributed by atoms with van der Waals surface area (Å²) >= 11 is 0. The number of aromatic nitrogens is 6. The van der Waals surface area contributed by atoms with Crippen molar-refractivity contribution in [1.29, 1.82) is 0 Å². The fraction of sp³-hybridized carbons (Fsp3) is 0.250. The molecule has 0 spiro atoms. The Kier molecular flexibility index (Phi) is 3.38. The van der Waals surface area contributed by atoms with Crippen LogP contribution in [0.3, 0.4) is 0 Å². The molecule has 4 rings (SSSR count). The molecule has 0 amide bonds. The van der Waals surface area contributed by atoms with Gasteiger partial charge in [0.2, 0.25) is 0 Å². The number of nitrogens with zero attached hydrogens (tertiary/aromatic N) is 6. The highest BCUT2D eigenvalue weighted by Crippen LogP contribution is 2.25. The second-order valence-electron chi connectivity index (χ2n) is 5.52. The summed E-state index contributed by atoms with van der Waals surface area (Å²) in [5.74, 6) is 0.878. The van der Waals surface area contributed by atoms with Crippen molar-refractivity contribution in [3.63, 3.8) is 0 Å². The Balaban J connectivity index is 1.55. The number of aryl methyl sites for hydroxylation is 3. The third-order valence-corrected chi connectivity index (χ3v) is 3.79. The van der Waals surface area contributed by atoms with Gasteiger partial charge in [-0.1, -0.05) is 6.07 Å². The second-order valence-corrected chi connectivity index (χ2v) is 5.52. The molecule has 0 radical (unpaired) electrons. The summed E-state index contributed by atoms with van der Waals surface area (Å²) in [4.78, 5) is 4.48. The normalized spacial score (nSPS) is 11.3. The molecule has 0 bridgehead atoms. The van der Waals surface area contributed by atoms with Crippen molar-refractivity contribution in [3.8, 4) is 11.4 Å². The van der Waals surface area contributed by atoms with Crippen LogP contribution in [0.4, 0.5) is 0 Å². The molecule has 7 heteroatoms. The Bertz CT molecular complexity index is 935. The van der Waals surface area contributed by atoms with Gasteiger partial charge in [-0.25, -0.2) is 9.61 Å². The van der Waals surface area contributed by atoms with Crippen molar-refractivity contribution in [2.24, 2.45) is 0 Å². The lowest BCUT2D eigenvalue weighted by atomic mass is 10.1. The zero-order valence-corrected chi connectivity index (χ0v) is 12.8. The van der Waals surface area contributed by atoms with Crippen molar-refractivity contribution in [1.82, 2.24) is 29.6 Å². The molecule has 3 aromatic heterocycles. The van der Waals surface area contributed by atoms with E-state index in [9.17, 15) is 0 Å². The Morgan fingerprint density at radius 2 is 2.13 bits per heavy atom. The van der Waals surface area contributed by atoms with E-state index in [1.54, 1.807) is 6.20 Å². The molecule has 0 unspecified atom stereocenters. The lowest BCUT2D eigenvalue weighted by Gasteiger charge is -2.08. The minimum atomic E-state index is 0.739. The summed E-state index contributed by atoms with van der Waals surface area (Å²) < 4.78 is 8.93. The SMILES string of the molecule is Cc1cnn(CCCn2ccnc2-c2cccc3nonc23)c1. The standard InChI is InChI=1S/C16H16N6O/c1-12-10-18-22(11-12)8-3-7-21-9-6-17-16(21)13-4-2-5-14-15(13)20-23-19-14/h2,4-6,9-11H,3,7-8H2,1H3. The molecule has 0 aliphatic heterocycles. The van der Waals surface area contributed by atoms with Gasteiger partial charge in [0.25, 0.3) is 0 Å². The van der Waals surface area contributed by atoms with E-state index in [2.05, 4.69) is 31.2 Å². The van der Waals surface area contributed by atoms with Crippen molar-refractivity contribution < 1.29 is 4.63 Å². The summed E-state index contributed by atoms with van der Waals surface area (Å²) in [6, 6.07) is 5.80. The summed E-state index contributed by atoms with van der Waals surface area (Å²) in [6.45, 7) is 3.78. The molecule has 23 heavy (non-hydrogen) atoms. The van der Waals surface area contributed by atoms with Crippen molar-refractivity contribution in [3.05, 3.63) is 48.5 Å². The molecule has 0 N–H and O–H groups in total.